The molecule has 0 saturated carbocycles. The Morgan fingerprint density at radius 3 is 1.40 bits per heavy atom. The highest BCUT2D eigenvalue weighted by molar-refractivity contribution is 5.79. The molecule has 1 aliphatic heterocycles. The molecule has 0 amide bonds. The van der Waals surface area contributed by atoms with Gasteiger partial charge in [0, 0.05) is 12.2 Å². The molecule has 0 bridgehead atoms. The van der Waals surface area contributed by atoms with Gasteiger partial charge in [-0.2, -0.15) is 0 Å². The molecule has 1 saturated heterocycles. The summed E-state index contributed by atoms with van der Waals surface area (Å²) in [5.41, 5.74) is 0. The van der Waals surface area contributed by atoms with E-state index in [0.29, 0.717) is 5.75 Å². The lowest BCUT2D eigenvalue weighted by molar-refractivity contribution is -0.132. The summed E-state index contributed by atoms with van der Waals surface area (Å²) >= 11 is 0. The van der Waals surface area contributed by atoms with Crippen molar-refractivity contribution in [3.05, 3.63) is 55.6 Å². The molecular weight excluding hydrogens is 264 g/mol. The van der Waals surface area contributed by atoms with E-state index in [-0.39, 0.29) is 0 Å². The minimum atomic E-state index is -0.981. The van der Waals surface area contributed by atoms with Crippen LogP contribution in [0.15, 0.2) is 55.6 Å². The summed E-state index contributed by atoms with van der Waals surface area (Å²) in [6, 6.07) is 8.71. The van der Waals surface area contributed by atoms with Crippen LogP contribution in [0.4, 0.5) is 0 Å². The largest absolute Gasteiger partial charge is 0.508 e. The molecule has 6 heteroatoms. The zero-order chi connectivity index (χ0) is 15.8. The van der Waals surface area contributed by atoms with Crippen LogP contribution < -0.4 is 0 Å². The number of carbonyl (C=O) groups is 2. The summed E-state index contributed by atoms with van der Waals surface area (Å²) in [7, 11) is 0. The highest BCUT2D eigenvalue weighted by Crippen LogP contribution is 2.02. The molecular formula is C14H18O6. The number of rotatable bonds is 2. The third-order valence-corrected chi connectivity index (χ3v) is 1.31. The van der Waals surface area contributed by atoms with E-state index in [1.165, 1.54) is 0 Å². The van der Waals surface area contributed by atoms with Crippen molar-refractivity contribution in [1.82, 2.24) is 0 Å². The van der Waals surface area contributed by atoms with Crippen LogP contribution in [0, 0.1) is 0 Å². The van der Waals surface area contributed by atoms with Crippen molar-refractivity contribution < 1.29 is 29.6 Å². The first-order valence-electron chi connectivity index (χ1n) is 5.46. The Hall–Kier alpha value is -2.60. The van der Waals surface area contributed by atoms with E-state index in [2.05, 4.69) is 17.9 Å². The molecule has 0 atom stereocenters. The number of para-hydroxylation sites is 1. The minimum Gasteiger partial charge on any atom is -0.508 e. The third-order valence-electron chi connectivity index (χ3n) is 1.31. The van der Waals surface area contributed by atoms with Crippen LogP contribution in [-0.2, 0) is 14.3 Å². The lowest BCUT2D eigenvalue weighted by Crippen LogP contribution is -1.82. The van der Waals surface area contributed by atoms with Gasteiger partial charge in [-0.1, -0.05) is 31.4 Å². The second-order valence-corrected chi connectivity index (χ2v) is 3.03. The number of hydrogen-bond donors (Lipinski definition) is 3. The summed E-state index contributed by atoms with van der Waals surface area (Å²) in [4.78, 5) is 18.5. The van der Waals surface area contributed by atoms with Crippen molar-refractivity contribution in [1.29, 1.82) is 0 Å². The van der Waals surface area contributed by atoms with E-state index < -0.39 is 11.9 Å². The van der Waals surface area contributed by atoms with Gasteiger partial charge in [-0.15, -0.1) is 0 Å². The van der Waals surface area contributed by atoms with Crippen LogP contribution in [0.5, 0.6) is 5.75 Å². The zero-order valence-electron chi connectivity index (χ0n) is 10.9. The number of aliphatic carboxylic acids is 2. The number of hydrogen-bond acceptors (Lipinski definition) is 4. The first kappa shape index (κ1) is 19.7. The Labute approximate surface area is 117 Å². The van der Waals surface area contributed by atoms with E-state index in [1.807, 2.05) is 6.07 Å². The molecule has 1 aromatic rings. The number of aromatic hydroxyl groups is 1. The van der Waals surface area contributed by atoms with Gasteiger partial charge in [-0.25, -0.2) is 9.59 Å². The van der Waals surface area contributed by atoms with Gasteiger partial charge in [0.1, 0.15) is 5.75 Å². The molecule has 0 aromatic heterocycles. The van der Waals surface area contributed by atoms with Crippen LogP contribution in [0.25, 0.3) is 0 Å². The Kier molecular flexibility index (Phi) is 14.3. The first-order valence-corrected chi connectivity index (χ1v) is 5.46. The Morgan fingerprint density at radius 1 is 1.00 bits per heavy atom. The van der Waals surface area contributed by atoms with Gasteiger partial charge >= 0.3 is 11.9 Å². The summed E-state index contributed by atoms with van der Waals surface area (Å²) in [5, 5.41) is 23.8. The number of epoxide rings is 1. The first-order chi connectivity index (χ1) is 9.43. The molecule has 110 valence electrons. The summed E-state index contributed by atoms with van der Waals surface area (Å²) in [6.45, 7) is 7.92. The van der Waals surface area contributed by atoms with E-state index >= 15 is 0 Å². The maximum absolute atomic E-state index is 9.25. The Morgan fingerprint density at radius 2 is 1.30 bits per heavy atom. The topological polar surface area (TPSA) is 107 Å². The summed E-state index contributed by atoms with van der Waals surface area (Å²) < 4.78 is 4.50. The second kappa shape index (κ2) is 14.5. The second-order valence-electron chi connectivity index (χ2n) is 3.03. The highest BCUT2D eigenvalue weighted by Gasteiger charge is 1.94. The quantitative estimate of drug-likeness (QED) is 0.565. The predicted molar refractivity (Wildman–Crippen MR) is 74.6 cm³/mol. The zero-order valence-corrected chi connectivity index (χ0v) is 10.9. The molecule has 0 aliphatic carbocycles. The van der Waals surface area contributed by atoms with E-state index in [1.54, 1.807) is 24.3 Å². The van der Waals surface area contributed by atoms with E-state index in [4.69, 9.17) is 15.3 Å². The lowest BCUT2D eigenvalue weighted by atomic mass is 10.3. The number of benzene rings is 1. The van der Waals surface area contributed by atoms with Gasteiger partial charge in [0.05, 0.1) is 13.2 Å². The van der Waals surface area contributed by atoms with Gasteiger partial charge in [0.25, 0.3) is 0 Å². The van der Waals surface area contributed by atoms with Gasteiger partial charge < -0.3 is 20.1 Å². The van der Waals surface area contributed by atoms with Gasteiger partial charge in [-0.05, 0) is 12.1 Å². The number of carboxylic acids is 2. The Balaban J connectivity index is 0. The third kappa shape index (κ3) is 29.5. The monoisotopic (exact) mass is 282 g/mol. The SMILES string of the molecule is C1CO1.C=CC(=O)O.C=CC(=O)O.Oc1ccccc1. The molecule has 0 radical (unpaired) electrons. The smallest absolute Gasteiger partial charge is 0.327 e. The number of carboxylic acid groups (broad SMARTS) is 2. The van der Waals surface area contributed by atoms with Crippen molar-refractivity contribution in [2.75, 3.05) is 13.2 Å². The van der Waals surface area contributed by atoms with Crippen LogP contribution in [0.3, 0.4) is 0 Å². The molecule has 20 heavy (non-hydrogen) atoms. The lowest BCUT2D eigenvalue weighted by Gasteiger charge is -1.82. The molecule has 0 spiro atoms. The molecule has 3 N–H and O–H groups in total. The highest BCUT2D eigenvalue weighted by atomic mass is 16.6. The van der Waals surface area contributed by atoms with Gasteiger partial charge in [0.2, 0.25) is 0 Å². The van der Waals surface area contributed by atoms with Crippen LogP contribution in [0.1, 0.15) is 0 Å². The predicted octanol–water partition coefficient (Wildman–Crippen LogP) is 1.92. The van der Waals surface area contributed by atoms with Crippen LogP contribution in [0.2, 0.25) is 0 Å². The number of phenolic OH excluding ortho intramolecular Hbond substituents is 1. The minimum absolute atomic E-state index is 0.322. The van der Waals surface area contributed by atoms with Crippen molar-refractivity contribution in [3.63, 3.8) is 0 Å². The maximum Gasteiger partial charge on any atom is 0.327 e. The molecule has 1 aromatic carbocycles. The summed E-state index contributed by atoms with van der Waals surface area (Å²) in [6.07, 6.45) is 1.67. The molecule has 2 rings (SSSR count). The van der Waals surface area contributed by atoms with Crippen LogP contribution in [-0.4, -0.2) is 40.5 Å². The Bertz CT molecular complexity index is 377. The van der Waals surface area contributed by atoms with Gasteiger partial charge in [0.15, 0.2) is 0 Å². The molecule has 1 fully saturated rings. The van der Waals surface area contributed by atoms with Crippen molar-refractivity contribution in [3.8, 4) is 5.75 Å². The molecule has 0 unspecified atom stereocenters. The number of ether oxygens (including phenoxy) is 1. The van der Waals surface area contributed by atoms with Gasteiger partial charge in [-0.3, -0.25) is 0 Å². The summed E-state index contributed by atoms with van der Waals surface area (Å²) in [5.74, 6) is -1.64. The van der Waals surface area contributed by atoms with E-state index in [0.717, 1.165) is 25.4 Å². The van der Waals surface area contributed by atoms with Crippen LogP contribution >= 0.6 is 0 Å². The fourth-order valence-electron chi connectivity index (χ4n) is 0.428. The van der Waals surface area contributed by atoms with E-state index in [9.17, 15) is 9.59 Å². The van der Waals surface area contributed by atoms with Crippen molar-refractivity contribution in [2.24, 2.45) is 0 Å². The average molecular weight is 282 g/mol. The van der Waals surface area contributed by atoms with Crippen molar-refractivity contribution >= 4 is 11.9 Å². The maximum atomic E-state index is 9.25. The molecule has 1 heterocycles. The average Bonchev–Trinajstić information content (AvgIpc) is 3.29. The standard InChI is InChI=1S/C6H6O.2C3H4O2.C2H4O/c7-6-4-2-1-3-5-6;2*1-2-3(4)5;1-2-3-1/h1-5,7H;2*2H,1H2,(H,4,5);1-2H2. The fraction of sp³-hybridized carbons (Fsp3) is 0.143. The normalized spacial score (nSPS) is 9.80. The number of phenols is 1. The van der Waals surface area contributed by atoms with Crippen molar-refractivity contribution in [2.45, 2.75) is 0 Å². The fourth-order valence-corrected chi connectivity index (χ4v) is 0.428. The molecule has 6 nitrogen and oxygen atoms in total. The molecule has 1 aliphatic rings.